The van der Waals surface area contributed by atoms with Gasteiger partial charge >= 0.3 is 0 Å². The molecule has 0 aromatic carbocycles. The van der Waals surface area contributed by atoms with E-state index in [0.717, 1.165) is 32.1 Å². The molecule has 0 heterocycles. The summed E-state index contributed by atoms with van der Waals surface area (Å²) in [6, 6.07) is 0. The molecule has 0 saturated heterocycles. The van der Waals surface area contributed by atoms with Gasteiger partial charge in [-0.15, -0.1) is 0 Å². The van der Waals surface area contributed by atoms with Gasteiger partial charge in [-0.1, -0.05) is 27.7 Å². The van der Waals surface area contributed by atoms with Gasteiger partial charge in [0.05, 0.1) is 18.0 Å². The van der Waals surface area contributed by atoms with Crippen LogP contribution in [0.4, 0.5) is 0 Å². The number of nitrogens with one attached hydrogen (secondary N) is 1. The van der Waals surface area contributed by atoms with Crippen LogP contribution in [-0.2, 0) is 19.6 Å². The summed E-state index contributed by atoms with van der Waals surface area (Å²) in [6.45, 7) is 9.77. The van der Waals surface area contributed by atoms with Gasteiger partial charge in [0.15, 0.2) is 0 Å². The average molecular weight is 528 g/mol. The normalized spacial score (nSPS) is 45.3. The Bertz CT molecular complexity index is 925. The maximum atomic E-state index is 12.3. The zero-order valence-corrected chi connectivity index (χ0v) is 23.8. The van der Waals surface area contributed by atoms with Crippen LogP contribution in [0.2, 0.25) is 0 Å². The van der Waals surface area contributed by atoms with Crippen molar-refractivity contribution in [2.75, 3.05) is 19.4 Å². The molecule has 4 saturated carbocycles. The number of carbonyl (C=O) groups is 1. The Morgan fingerprint density at radius 1 is 1.06 bits per heavy atom. The number of hydrogen-bond acceptors (Lipinski definition) is 5. The third-order valence-electron chi connectivity index (χ3n) is 11.9. The smallest absolute Gasteiger partial charge is 0.266 e. The molecule has 0 radical (unpaired) electrons. The second kappa shape index (κ2) is 10.1. The topological polar surface area (TPSA) is 113 Å². The Balaban J connectivity index is 1.46. The largest absolute Gasteiger partial charge is 0.393 e. The summed E-state index contributed by atoms with van der Waals surface area (Å²) in [4.78, 5) is 12.3. The number of fused-ring (bicyclic) bond motifs is 5. The summed E-state index contributed by atoms with van der Waals surface area (Å²) in [5.74, 6) is 2.11. The Hall–Kier alpha value is -0.700. The number of amides is 1. The van der Waals surface area contributed by atoms with E-state index in [0.29, 0.717) is 36.0 Å². The Kier molecular flexibility index (Phi) is 7.96. The lowest BCUT2D eigenvalue weighted by Crippen LogP contribution is -2.64. The molecular weight excluding hydrogens is 478 g/mol. The van der Waals surface area contributed by atoms with Crippen molar-refractivity contribution in [3.63, 3.8) is 0 Å². The Morgan fingerprint density at radius 3 is 2.39 bits per heavy atom. The van der Waals surface area contributed by atoms with Crippen LogP contribution >= 0.6 is 0 Å². The summed E-state index contributed by atoms with van der Waals surface area (Å²) in [6.07, 6.45) is 10.1. The van der Waals surface area contributed by atoms with Crippen LogP contribution in [0.1, 0.15) is 91.9 Å². The fraction of sp³-hybridized carbons (Fsp3) is 0.964. The number of aliphatic hydroxyl groups is 1. The van der Waals surface area contributed by atoms with E-state index in [1.807, 2.05) is 7.11 Å². The average Bonchev–Trinajstić information content (AvgIpc) is 3.15. The van der Waals surface area contributed by atoms with Crippen molar-refractivity contribution in [3.05, 3.63) is 0 Å². The van der Waals surface area contributed by atoms with Gasteiger partial charge in [-0.2, -0.15) is 8.42 Å². The highest BCUT2D eigenvalue weighted by molar-refractivity contribution is 7.85. The van der Waals surface area contributed by atoms with E-state index in [9.17, 15) is 18.3 Å². The molecule has 0 spiro atoms. The van der Waals surface area contributed by atoms with Gasteiger partial charge in [-0.05, 0) is 98.2 Å². The van der Waals surface area contributed by atoms with Crippen molar-refractivity contribution in [2.45, 2.75) is 104 Å². The highest BCUT2D eigenvalue weighted by Crippen LogP contribution is 2.73. The Morgan fingerprint density at radius 2 is 1.72 bits per heavy atom. The van der Waals surface area contributed by atoms with E-state index in [1.54, 1.807) is 0 Å². The van der Waals surface area contributed by atoms with Crippen LogP contribution in [0.15, 0.2) is 0 Å². The highest BCUT2D eigenvalue weighted by atomic mass is 32.2. The van der Waals surface area contributed by atoms with Gasteiger partial charge in [0.1, 0.15) is 0 Å². The van der Waals surface area contributed by atoms with Crippen molar-refractivity contribution >= 4 is 16.0 Å². The quantitative estimate of drug-likeness (QED) is 0.402. The molecule has 7 nitrogen and oxygen atoms in total. The molecule has 36 heavy (non-hydrogen) atoms. The molecule has 0 aromatic rings. The van der Waals surface area contributed by atoms with Gasteiger partial charge in [0, 0.05) is 25.5 Å². The molecule has 0 bridgehead atoms. The van der Waals surface area contributed by atoms with E-state index >= 15 is 0 Å². The van der Waals surface area contributed by atoms with Crippen molar-refractivity contribution in [2.24, 2.45) is 45.8 Å². The summed E-state index contributed by atoms with van der Waals surface area (Å²) in [5, 5.41) is 13.1. The Labute approximate surface area is 218 Å². The third kappa shape index (κ3) is 4.89. The minimum Gasteiger partial charge on any atom is -0.393 e. The zero-order chi connectivity index (χ0) is 26.5. The predicted molar refractivity (Wildman–Crippen MR) is 140 cm³/mol. The van der Waals surface area contributed by atoms with Crippen LogP contribution < -0.4 is 5.32 Å². The van der Waals surface area contributed by atoms with Crippen molar-refractivity contribution in [1.29, 1.82) is 0 Å². The number of carbonyl (C=O) groups excluding carboxylic acids is 1. The summed E-state index contributed by atoms with van der Waals surface area (Å²) in [5.41, 5.74) is 0.616. The van der Waals surface area contributed by atoms with Crippen molar-refractivity contribution in [1.82, 2.24) is 5.32 Å². The predicted octanol–water partition coefficient (Wildman–Crippen LogP) is 4.44. The van der Waals surface area contributed by atoms with Crippen molar-refractivity contribution < 1.29 is 27.6 Å². The number of rotatable bonds is 8. The molecule has 1 amide bonds. The first-order valence-corrected chi connectivity index (χ1v) is 15.8. The van der Waals surface area contributed by atoms with Crippen LogP contribution in [0.25, 0.3) is 0 Å². The molecule has 4 fully saturated rings. The molecule has 3 N–H and O–H groups in total. The molecule has 0 unspecified atom stereocenters. The van der Waals surface area contributed by atoms with Gasteiger partial charge in [-0.3, -0.25) is 9.35 Å². The number of aliphatic hydroxyl groups excluding tert-OH is 1. The SMILES string of the molecule is CO[C@@H]1C[C@@H]2C[C@H](O)CC[C@]2(C)[C@H]2CC[C@]3(C)[C@@H]([C@H](C)CCC(=O)NCCS(=O)(=O)O)CC[C@H]3[C@@]21C. The molecule has 4 rings (SSSR count). The zero-order valence-electron chi connectivity index (χ0n) is 23.0. The molecule has 4 aliphatic rings. The number of ether oxygens (including phenoxy) is 1. The minimum atomic E-state index is -4.06. The molecule has 0 aromatic heterocycles. The van der Waals surface area contributed by atoms with Crippen LogP contribution in [0.5, 0.6) is 0 Å². The second-order valence-corrected chi connectivity index (χ2v) is 15.0. The summed E-state index contributed by atoms with van der Waals surface area (Å²) in [7, 11) is -2.17. The number of hydrogen-bond donors (Lipinski definition) is 3. The fourth-order valence-electron chi connectivity index (χ4n) is 10.1. The van der Waals surface area contributed by atoms with E-state index < -0.39 is 15.9 Å². The molecule has 0 aliphatic heterocycles. The monoisotopic (exact) mass is 527 g/mol. The molecule has 208 valence electrons. The maximum Gasteiger partial charge on any atom is 0.266 e. The summed E-state index contributed by atoms with van der Waals surface area (Å²) >= 11 is 0. The maximum absolute atomic E-state index is 12.3. The van der Waals surface area contributed by atoms with Gasteiger partial charge in [-0.25, -0.2) is 0 Å². The van der Waals surface area contributed by atoms with E-state index in [2.05, 4.69) is 33.0 Å². The van der Waals surface area contributed by atoms with Gasteiger partial charge < -0.3 is 15.2 Å². The fourth-order valence-corrected chi connectivity index (χ4v) is 10.5. The first kappa shape index (κ1) is 28.3. The lowest BCUT2D eigenvalue weighted by Gasteiger charge is -2.68. The number of methoxy groups -OCH3 is 1. The second-order valence-electron chi connectivity index (χ2n) is 13.4. The van der Waals surface area contributed by atoms with Gasteiger partial charge in [0.2, 0.25) is 5.91 Å². The lowest BCUT2D eigenvalue weighted by molar-refractivity contribution is -0.231. The molecule has 4 aliphatic carbocycles. The van der Waals surface area contributed by atoms with E-state index in [-0.39, 0.29) is 40.9 Å². The van der Waals surface area contributed by atoms with Crippen LogP contribution in [0, 0.1) is 45.8 Å². The van der Waals surface area contributed by atoms with E-state index in [1.165, 1.54) is 25.7 Å². The van der Waals surface area contributed by atoms with Crippen LogP contribution in [-0.4, -0.2) is 55.6 Å². The molecule has 8 heteroatoms. The molecular formula is C28H49NO6S. The van der Waals surface area contributed by atoms with Crippen LogP contribution in [0.3, 0.4) is 0 Å². The first-order chi connectivity index (χ1) is 16.8. The molecule has 10 atom stereocenters. The first-order valence-electron chi connectivity index (χ1n) is 14.2. The highest BCUT2D eigenvalue weighted by Gasteiger charge is 2.68. The third-order valence-corrected chi connectivity index (χ3v) is 12.6. The van der Waals surface area contributed by atoms with Gasteiger partial charge in [0.25, 0.3) is 10.1 Å². The summed E-state index contributed by atoms with van der Waals surface area (Å²) < 4.78 is 36.9. The van der Waals surface area contributed by atoms with Crippen molar-refractivity contribution in [3.8, 4) is 0 Å². The van der Waals surface area contributed by atoms with E-state index in [4.69, 9.17) is 9.29 Å². The standard InChI is InChI=1S/C28H49NO6S/c1-18(6-9-25(31)29-14-15-36(32,33)34)21-7-8-22-27(21,3)13-11-23-26(2)12-10-20(30)16-19(26)17-24(35-5)28(22,23)4/h18-24,30H,6-17H2,1-5H3,(H,29,31)(H,32,33,34)/t18-,19+,20-,21-,22-,23-,24-,26+,27-,28+/m1/s1. The lowest BCUT2D eigenvalue weighted by atomic mass is 9.38. The minimum absolute atomic E-state index is 0.0514.